The highest BCUT2D eigenvalue weighted by molar-refractivity contribution is 5.30. The van der Waals surface area contributed by atoms with E-state index in [1.807, 2.05) is 6.08 Å². The molecule has 0 nitrogen and oxygen atoms in total. The van der Waals surface area contributed by atoms with Crippen LogP contribution in [0.15, 0.2) is 29.9 Å². The van der Waals surface area contributed by atoms with E-state index in [-0.39, 0.29) is 0 Å². The van der Waals surface area contributed by atoms with Gasteiger partial charge in [-0.15, -0.1) is 6.58 Å². The first-order chi connectivity index (χ1) is 6.36. The van der Waals surface area contributed by atoms with Crippen LogP contribution in [0.4, 0.5) is 0 Å². The van der Waals surface area contributed by atoms with E-state index in [0.29, 0.717) is 0 Å². The van der Waals surface area contributed by atoms with Crippen molar-refractivity contribution in [3.05, 3.63) is 36.0 Å². The van der Waals surface area contributed by atoms with E-state index in [1.54, 1.807) is 5.57 Å². The lowest BCUT2D eigenvalue weighted by Gasteiger charge is -1.99. The van der Waals surface area contributed by atoms with Crippen molar-refractivity contribution in [3.8, 4) is 0 Å². The average Bonchev–Trinajstić information content (AvgIpc) is 2.54. The highest BCUT2D eigenvalue weighted by Crippen LogP contribution is 2.23. The van der Waals surface area contributed by atoms with Gasteiger partial charge in [0, 0.05) is 0 Å². The van der Waals surface area contributed by atoms with Crippen LogP contribution in [0.25, 0.3) is 0 Å². The zero-order valence-corrected chi connectivity index (χ0v) is 8.60. The minimum Gasteiger partial charge on any atom is -0.103 e. The Kier molecular flexibility index (Phi) is 4.59. The third-order valence-corrected chi connectivity index (χ3v) is 2.39. The predicted molar refractivity (Wildman–Crippen MR) is 58.4 cm³/mol. The molecule has 0 aromatic rings. The summed E-state index contributed by atoms with van der Waals surface area (Å²) < 4.78 is 0. The van der Waals surface area contributed by atoms with Crippen molar-refractivity contribution in [2.75, 3.05) is 0 Å². The third-order valence-electron chi connectivity index (χ3n) is 2.39. The largest absolute Gasteiger partial charge is 0.103 e. The number of allylic oxidation sites excluding steroid dienone is 5. The molecule has 1 aliphatic carbocycles. The van der Waals surface area contributed by atoms with Crippen LogP contribution in [0, 0.1) is 6.08 Å². The Hall–Kier alpha value is -0.780. The lowest BCUT2D eigenvalue weighted by molar-refractivity contribution is 0.708. The molecule has 0 aromatic carbocycles. The van der Waals surface area contributed by atoms with Crippen LogP contribution in [0.5, 0.6) is 0 Å². The van der Waals surface area contributed by atoms with E-state index in [2.05, 4.69) is 25.7 Å². The van der Waals surface area contributed by atoms with Gasteiger partial charge in [0.25, 0.3) is 0 Å². The van der Waals surface area contributed by atoms with Crippen LogP contribution in [-0.4, -0.2) is 0 Å². The van der Waals surface area contributed by atoms with Gasteiger partial charge in [-0.3, -0.25) is 0 Å². The molecular weight excluding hydrogens is 156 g/mol. The summed E-state index contributed by atoms with van der Waals surface area (Å²) in [5, 5.41) is 0. The van der Waals surface area contributed by atoms with Crippen molar-refractivity contribution < 1.29 is 0 Å². The fraction of sp³-hybridized carbons (Fsp3) is 0.538. The molecule has 0 aromatic heterocycles. The second-order valence-electron chi connectivity index (χ2n) is 3.63. The summed E-state index contributed by atoms with van der Waals surface area (Å²) in [5.74, 6) is 0. The van der Waals surface area contributed by atoms with Gasteiger partial charge in [0.2, 0.25) is 0 Å². The molecule has 0 fully saturated rings. The van der Waals surface area contributed by atoms with Crippen molar-refractivity contribution >= 4 is 0 Å². The molecule has 1 radical (unpaired) electrons. The van der Waals surface area contributed by atoms with Gasteiger partial charge in [0.05, 0.1) is 0 Å². The maximum atomic E-state index is 3.73. The summed E-state index contributed by atoms with van der Waals surface area (Å²) in [6, 6.07) is 0. The molecule has 1 aliphatic rings. The van der Waals surface area contributed by atoms with E-state index in [9.17, 15) is 0 Å². The maximum absolute atomic E-state index is 3.73. The van der Waals surface area contributed by atoms with Gasteiger partial charge in [-0.1, -0.05) is 37.5 Å². The molecule has 0 bridgehead atoms. The molecule has 1 rings (SSSR count). The van der Waals surface area contributed by atoms with Crippen LogP contribution in [0.1, 0.15) is 45.4 Å². The lowest BCUT2D eigenvalue weighted by atomic mass is 10.1. The summed E-state index contributed by atoms with van der Waals surface area (Å²) in [4.78, 5) is 0. The van der Waals surface area contributed by atoms with Gasteiger partial charge in [0.15, 0.2) is 0 Å². The number of rotatable bonds is 6. The van der Waals surface area contributed by atoms with Crippen LogP contribution in [0.2, 0.25) is 0 Å². The van der Waals surface area contributed by atoms with Gasteiger partial charge >= 0.3 is 0 Å². The van der Waals surface area contributed by atoms with E-state index in [0.717, 1.165) is 12.8 Å². The van der Waals surface area contributed by atoms with Crippen molar-refractivity contribution in [2.24, 2.45) is 0 Å². The van der Waals surface area contributed by atoms with Gasteiger partial charge in [-0.2, -0.15) is 0 Å². The Labute approximate surface area is 82.0 Å². The first kappa shape index (κ1) is 10.3. The standard InChI is InChI=1S/C13H19/c1-3-5-6-8-13-10-9-12(11-13)7-4-2/h4,11H,2-3,5-8,10H2,1H3. The Bertz CT molecular complexity index is 218. The monoisotopic (exact) mass is 175 g/mol. The molecule has 0 atom stereocenters. The topological polar surface area (TPSA) is 0 Å². The zero-order valence-electron chi connectivity index (χ0n) is 8.60. The number of unbranched alkanes of at least 4 members (excludes halogenated alkanes) is 2. The minimum atomic E-state index is 0.983. The van der Waals surface area contributed by atoms with Crippen LogP contribution in [0.3, 0.4) is 0 Å². The molecular formula is C13H19. The molecule has 0 amide bonds. The molecule has 0 saturated heterocycles. The van der Waals surface area contributed by atoms with E-state index < -0.39 is 0 Å². The molecule has 0 saturated carbocycles. The zero-order chi connectivity index (χ0) is 9.52. The Morgan fingerprint density at radius 2 is 2.38 bits per heavy atom. The molecule has 13 heavy (non-hydrogen) atoms. The van der Waals surface area contributed by atoms with Gasteiger partial charge in [0.1, 0.15) is 0 Å². The maximum Gasteiger partial charge on any atom is -0.00581 e. The Balaban J connectivity index is 2.24. The van der Waals surface area contributed by atoms with E-state index in [4.69, 9.17) is 0 Å². The van der Waals surface area contributed by atoms with Crippen molar-refractivity contribution in [1.82, 2.24) is 0 Å². The average molecular weight is 175 g/mol. The molecule has 0 spiro atoms. The lowest BCUT2D eigenvalue weighted by Crippen LogP contribution is -1.79. The molecule has 0 heterocycles. The first-order valence-corrected chi connectivity index (χ1v) is 5.27. The summed E-state index contributed by atoms with van der Waals surface area (Å²) in [6.45, 7) is 5.98. The predicted octanol–water partition coefficient (Wildman–Crippen LogP) is 4.20. The summed E-state index contributed by atoms with van der Waals surface area (Å²) in [6.07, 6.45) is 15.0. The quantitative estimate of drug-likeness (QED) is 0.419. The summed E-state index contributed by atoms with van der Waals surface area (Å²) >= 11 is 0. The second-order valence-corrected chi connectivity index (χ2v) is 3.63. The summed E-state index contributed by atoms with van der Waals surface area (Å²) in [7, 11) is 0. The van der Waals surface area contributed by atoms with E-state index >= 15 is 0 Å². The smallest absolute Gasteiger partial charge is 0.00581 e. The highest BCUT2D eigenvalue weighted by atomic mass is 14.1. The van der Waals surface area contributed by atoms with E-state index in [1.165, 1.54) is 31.3 Å². The fourth-order valence-corrected chi connectivity index (χ4v) is 1.62. The van der Waals surface area contributed by atoms with Crippen LogP contribution >= 0.6 is 0 Å². The first-order valence-electron chi connectivity index (χ1n) is 5.27. The van der Waals surface area contributed by atoms with Gasteiger partial charge < -0.3 is 0 Å². The summed E-state index contributed by atoms with van der Waals surface area (Å²) in [5.41, 5.74) is 2.90. The molecule has 0 unspecified atom stereocenters. The Morgan fingerprint density at radius 3 is 3.08 bits per heavy atom. The molecule has 0 N–H and O–H groups in total. The normalized spacial score (nSPS) is 15.5. The van der Waals surface area contributed by atoms with Gasteiger partial charge in [-0.05, 0) is 37.3 Å². The van der Waals surface area contributed by atoms with Crippen LogP contribution < -0.4 is 0 Å². The molecule has 71 valence electrons. The van der Waals surface area contributed by atoms with Crippen LogP contribution in [-0.2, 0) is 0 Å². The molecule has 0 aliphatic heterocycles. The van der Waals surface area contributed by atoms with Crippen molar-refractivity contribution in [2.45, 2.75) is 45.4 Å². The SMILES string of the molecule is C=CCC1=[C]CC(CCCCC)=C1. The van der Waals surface area contributed by atoms with Crippen molar-refractivity contribution in [3.63, 3.8) is 0 Å². The second kappa shape index (κ2) is 5.80. The van der Waals surface area contributed by atoms with Crippen molar-refractivity contribution in [1.29, 1.82) is 0 Å². The molecule has 0 heteroatoms. The minimum absolute atomic E-state index is 0.983. The van der Waals surface area contributed by atoms with Gasteiger partial charge in [-0.25, -0.2) is 0 Å². The number of hydrogen-bond donors (Lipinski definition) is 0. The fourth-order valence-electron chi connectivity index (χ4n) is 1.62. The number of hydrogen-bond acceptors (Lipinski definition) is 0. The Morgan fingerprint density at radius 1 is 1.54 bits per heavy atom. The third kappa shape index (κ3) is 3.63. The highest BCUT2D eigenvalue weighted by Gasteiger charge is 2.05.